The highest BCUT2D eigenvalue weighted by Gasteiger charge is 2.81. The first-order valence-electron chi connectivity index (χ1n) is 29.4. The standard InChI is InChI=1S/C58H93NO18/c1-8-9-10-11-12-13-14-15-16-17-39(65)59-41-34(27-60)74-51(48(43(41)67)76-50-46(70)44(68)47(30(2)73-50)75-49-45(69)42(66)33(62)28-72-49)77-52(71)57-23-22-53(3,4)25-32(57)40-31-24-36-54(5)20-19-37(63)55(6,29-61)35(54)18-21-58(31,36)56(40,7)26-38(57)64/h29-30,32-38,41-51,60,62-64,66-70H,8-28H2,1-7H3,(H,59,65)/t30-,32?,33-,34-,35-,36?,37?,38-,41?,42?,43?,44?,45?,46?,47?,48?,49+,50+,51+,54?,55?,56-,57?,58-/m1/s1. The lowest BCUT2D eigenvalue weighted by molar-refractivity contribution is -0.370. The summed E-state index contributed by atoms with van der Waals surface area (Å²) in [5.74, 6) is -1.40. The Morgan fingerprint density at radius 1 is 0.714 bits per heavy atom. The summed E-state index contributed by atoms with van der Waals surface area (Å²) in [5.41, 5.74) is -0.920. The molecule has 24 atom stereocenters. The number of esters is 1. The second-order valence-electron chi connectivity index (χ2n) is 26.7. The van der Waals surface area contributed by atoms with Gasteiger partial charge in [0.2, 0.25) is 12.2 Å². The van der Waals surface area contributed by atoms with Crippen LogP contribution in [-0.4, -0.2) is 175 Å². The molecule has 10 N–H and O–H groups in total. The molecule has 5 saturated carbocycles. The largest absolute Gasteiger partial charge is 0.432 e. The molecule has 0 bridgehead atoms. The van der Waals surface area contributed by atoms with Crippen LogP contribution in [0.4, 0.5) is 0 Å². The molecule has 3 aliphatic heterocycles. The molecule has 19 nitrogen and oxygen atoms in total. The molecule has 0 aromatic heterocycles. The van der Waals surface area contributed by atoms with Crippen LogP contribution in [0.25, 0.3) is 0 Å². The molecule has 77 heavy (non-hydrogen) atoms. The predicted molar refractivity (Wildman–Crippen MR) is 276 cm³/mol. The maximum atomic E-state index is 15.6. The molecular formula is C58H93NO18. The summed E-state index contributed by atoms with van der Waals surface area (Å²) in [5, 5.41) is 104. The van der Waals surface area contributed by atoms with Crippen molar-refractivity contribution in [2.75, 3.05) is 13.2 Å². The maximum absolute atomic E-state index is 15.6. The zero-order valence-corrected chi connectivity index (χ0v) is 46.6. The van der Waals surface area contributed by atoms with Crippen molar-refractivity contribution >= 4 is 18.2 Å². The molecule has 0 aromatic carbocycles. The molecule has 8 fully saturated rings. The van der Waals surface area contributed by atoms with Crippen molar-refractivity contribution in [2.45, 2.75) is 269 Å². The van der Waals surface area contributed by atoms with Gasteiger partial charge in [-0.2, -0.15) is 0 Å². The zero-order chi connectivity index (χ0) is 55.8. The number of ether oxygens (including phenoxy) is 6. The molecule has 19 heteroatoms. The lowest BCUT2D eigenvalue weighted by Crippen LogP contribution is -2.76. The summed E-state index contributed by atoms with van der Waals surface area (Å²) in [4.78, 5) is 41.9. The van der Waals surface area contributed by atoms with Gasteiger partial charge in [0.1, 0.15) is 60.5 Å². The van der Waals surface area contributed by atoms with Gasteiger partial charge in [-0.25, -0.2) is 0 Å². The normalized spacial score (nSPS) is 48.9. The van der Waals surface area contributed by atoms with E-state index in [0.717, 1.165) is 57.7 Å². The Morgan fingerprint density at radius 2 is 1.38 bits per heavy atom. The van der Waals surface area contributed by atoms with Crippen LogP contribution < -0.4 is 5.32 Å². The molecule has 438 valence electrons. The van der Waals surface area contributed by atoms with Gasteiger partial charge in [-0.05, 0) is 99.7 Å². The van der Waals surface area contributed by atoms with Crippen molar-refractivity contribution in [2.24, 2.45) is 50.2 Å². The second kappa shape index (κ2) is 22.5. The fourth-order valence-corrected chi connectivity index (χ4v) is 17.3. The van der Waals surface area contributed by atoms with Crippen molar-refractivity contribution < 1.29 is 88.8 Å². The van der Waals surface area contributed by atoms with Gasteiger partial charge in [0.05, 0.1) is 43.0 Å². The number of carbonyl (C=O) groups excluding carboxylic acids is 3. The Balaban J connectivity index is 0.971. The molecular weight excluding hydrogens is 999 g/mol. The van der Waals surface area contributed by atoms with Crippen molar-refractivity contribution in [1.82, 2.24) is 5.32 Å². The first kappa shape index (κ1) is 59.4. The van der Waals surface area contributed by atoms with Crippen LogP contribution in [-0.2, 0) is 42.8 Å². The smallest absolute Gasteiger partial charge is 0.317 e. The average molecular weight is 1090 g/mol. The molecule has 0 aromatic rings. The van der Waals surface area contributed by atoms with E-state index in [1.54, 1.807) is 0 Å². The lowest BCUT2D eigenvalue weighted by Gasteiger charge is -2.81. The number of aliphatic hydroxyl groups excluding tert-OH is 9. The zero-order valence-electron chi connectivity index (χ0n) is 46.6. The minimum Gasteiger partial charge on any atom is -0.432 e. The highest BCUT2D eigenvalue weighted by Crippen LogP contribution is 2.87. The molecule has 1 spiro atoms. The van der Waals surface area contributed by atoms with Crippen molar-refractivity contribution in [3.8, 4) is 0 Å². The van der Waals surface area contributed by atoms with Gasteiger partial charge >= 0.3 is 5.97 Å². The van der Waals surface area contributed by atoms with Gasteiger partial charge in [-0.1, -0.05) is 104 Å². The van der Waals surface area contributed by atoms with Gasteiger partial charge in [0.25, 0.3) is 0 Å². The highest BCUT2D eigenvalue weighted by atomic mass is 16.8. The molecule has 14 unspecified atom stereocenters. The van der Waals surface area contributed by atoms with Gasteiger partial charge in [-0.3, -0.25) is 9.59 Å². The number of aliphatic hydroxyl groups is 9. The summed E-state index contributed by atoms with van der Waals surface area (Å²) < 4.78 is 36.5. The van der Waals surface area contributed by atoms with E-state index >= 15 is 4.79 Å². The number of hydrogen-bond donors (Lipinski definition) is 10. The minimum absolute atomic E-state index is 0.00559. The van der Waals surface area contributed by atoms with E-state index in [0.29, 0.717) is 25.7 Å². The predicted octanol–water partition coefficient (Wildman–Crippen LogP) is 3.37. The van der Waals surface area contributed by atoms with Gasteiger partial charge in [0, 0.05) is 17.3 Å². The Morgan fingerprint density at radius 3 is 2.05 bits per heavy atom. The number of fused-ring (bicyclic) bond motifs is 5. The van der Waals surface area contributed by atoms with Gasteiger partial charge in [-0.15, -0.1) is 0 Å². The summed E-state index contributed by atoms with van der Waals surface area (Å²) in [6.45, 7) is 13.4. The number of amides is 1. The SMILES string of the molecule is CCCCCCCCCCCC(=O)NC1C(O)C(O[C@@H]2O[C@H](C)C(O[C@@H]3OC[C@@H](O)C(O)C3O)C(O)C2O)[C@H](OC(=O)C23CCC(C)(C)CC2C2=C4CC5C6(C)CCC(O)C(C)(C=O)[C@@H]6CC[C@@]45[C@]2(C)C[C@H]3O)O[C@@H]1CO. The van der Waals surface area contributed by atoms with E-state index in [2.05, 4.69) is 39.9 Å². The van der Waals surface area contributed by atoms with Crippen molar-refractivity contribution in [1.29, 1.82) is 0 Å². The fraction of sp³-hybridized carbons (Fsp3) is 0.914. The molecule has 9 rings (SSSR count). The van der Waals surface area contributed by atoms with Crippen LogP contribution in [0.3, 0.4) is 0 Å². The van der Waals surface area contributed by atoms with E-state index in [-0.39, 0.29) is 54.0 Å². The quantitative estimate of drug-likeness (QED) is 0.0384. The summed E-state index contributed by atoms with van der Waals surface area (Å²) in [6, 6.07) is -1.31. The van der Waals surface area contributed by atoms with E-state index in [9.17, 15) is 55.5 Å². The Kier molecular flexibility index (Phi) is 17.4. The number of unbranched alkanes of at least 4 members (excludes halogenated alkanes) is 8. The van der Waals surface area contributed by atoms with Crippen molar-refractivity contribution in [3.63, 3.8) is 0 Å². The van der Waals surface area contributed by atoms with Crippen LogP contribution in [0.2, 0.25) is 0 Å². The number of carbonyl (C=O) groups is 3. The molecule has 0 radical (unpaired) electrons. The minimum atomic E-state index is -1.92. The van der Waals surface area contributed by atoms with E-state index in [1.165, 1.54) is 43.8 Å². The number of nitrogens with one attached hydrogen (secondary N) is 1. The Hall–Kier alpha value is -2.21. The molecule has 3 heterocycles. The first-order valence-corrected chi connectivity index (χ1v) is 29.4. The number of rotatable bonds is 19. The summed E-state index contributed by atoms with van der Waals surface area (Å²) >= 11 is 0. The van der Waals surface area contributed by atoms with Crippen LogP contribution in [0.1, 0.15) is 170 Å². The number of hydrogen-bond acceptors (Lipinski definition) is 18. The Bertz CT molecular complexity index is 2160. The molecule has 1 amide bonds. The molecule has 3 saturated heterocycles. The fourth-order valence-electron chi connectivity index (χ4n) is 17.3. The van der Waals surface area contributed by atoms with E-state index < -0.39 is 139 Å². The average Bonchev–Trinajstić information content (AvgIpc) is 3.41. The first-order chi connectivity index (χ1) is 36.4. The van der Waals surface area contributed by atoms with E-state index in [1.807, 2.05) is 6.92 Å². The van der Waals surface area contributed by atoms with Crippen LogP contribution in [0.15, 0.2) is 11.1 Å². The molecule has 6 aliphatic carbocycles. The summed E-state index contributed by atoms with van der Waals surface area (Å²) in [6.07, 6.45) is -6.77. The van der Waals surface area contributed by atoms with Crippen LogP contribution in [0, 0.1) is 50.2 Å². The monoisotopic (exact) mass is 1090 g/mol. The van der Waals surface area contributed by atoms with Crippen molar-refractivity contribution in [3.05, 3.63) is 11.1 Å². The second-order valence-corrected chi connectivity index (χ2v) is 26.7. The van der Waals surface area contributed by atoms with E-state index in [4.69, 9.17) is 28.4 Å². The number of aldehydes is 1. The summed E-state index contributed by atoms with van der Waals surface area (Å²) in [7, 11) is 0. The highest BCUT2D eigenvalue weighted by molar-refractivity contribution is 5.81. The van der Waals surface area contributed by atoms with Gasteiger partial charge < -0.3 is 84.5 Å². The van der Waals surface area contributed by atoms with Crippen LogP contribution in [0.5, 0.6) is 0 Å². The maximum Gasteiger partial charge on any atom is 0.317 e. The third-order valence-electron chi connectivity index (χ3n) is 21.8. The number of allylic oxidation sites excluding steroid dienone is 2. The third kappa shape index (κ3) is 9.82. The lowest BCUT2D eigenvalue weighted by atomic mass is 9.22. The third-order valence-corrected chi connectivity index (χ3v) is 21.8. The molecule has 9 aliphatic rings. The van der Waals surface area contributed by atoms with Crippen LogP contribution >= 0.6 is 0 Å². The Labute approximate surface area is 454 Å². The van der Waals surface area contributed by atoms with Gasteiger partial charge in [0.15, 0.2) is 18.7 Å². The topological polar surface area (TPSA) is 301 Å².